The van der Waals surface area contributed by atoms with E-state index in [1.54, 1.807) is 23.3 Å². The zero-order chi connectivity index (χ0) is 15.6. The Balaban J connectivity index is 1.78. The molecule has 7 heteroatoms. The molecule has 3 aromatic heterocycles. The third-order valence-electron chi connectivity index (χ3n) is 3.52. The van der Waals surface area contributed by atoms with Crippen molar-refractivity contribution in [2.75, 3.05) is 0 Å². The van der Waals surface area contributed by atoms with Gasteiger partial charge in [-0.25, -0.2) is 5.10 Å². The largest absolute Gasteiger partial charge is 0.361 e. The lowest BCUT2D eigenvalue weighted by Crippen LogP contribution is -1.94. The summed E-state index contributed by atoms with van der Waals surface area (Å²) < 4.78 is 2.04. The van der Waals surface area contributed by atoms with Gasteiger partial charge in [-0.05, 0) is 30.4 Å². The summed E-state index contributed by atoms with van der Waals surface area (Å²) in [5.41, 5.74) is 2.95. The van der Waals surface area contributed by atoms with E-state index in [4.69, 9.17) is 12.2 Å². The molecule has 0 saturated heterocycles. The Bertz CT molecular complexity index is 1040. The highest BCUT2D eigenvalue weighted by atomic mass is 32.1. The number of hydrogen-bond donors (Lipinski definition) is 2. The van der Waals surface area contributed by atoms with Crippen LogP contribution in [0.1, 0.15) is 5.56 Å². The zero-order valence-corrected chi connectivity index (χ0v) is 12.8. The number of nitrogens with zero attached hydrogens (tertiary/aromatic N) is 4. The topological polar surface area (TPSA) is 74.7 Å². The van der Waals surface area contributed by atoms with Gasteiger partial charge in [0.25, 0.3) is 0 Å². The predicted molar refractivity (Wildman–Crippen MR) is 91.9 cm³/mol. The van der Waals surface area contributed by atoms with E-state index in [0.29, 0.717) is 10.6 Å². The number of nitrogens with one attached hydrogen (secondary N) is 2. The first-order valence-corrected chi connectivity index (χ1v) is 7.42. The molecule has 0 bridgehead atoms. The minimum absolute atomic E-state index is 0.438. The van der Waals surface area contributed by atoms with Crippen molar-refractivity contribution in [2.24, 2.45) is 5.10 Å². The van der Waals surface area contributed by atoms with Crippen LogP contribution in [0.2, 0.25) is 0 Å². The molecule has 0 atom stereocenters. The summed E-state index contributed by atoms with van der Waals surface area (Å²) >= 11 is 5.27. The first kappa shape index (κ1) is 13.6. The molecule has 4 aromatic rings. The molecular formula is C16H12N6S. The van der Waals surface area contributed by atoms with Gasteiger partial charge in [-0.1, -0.05) is 18.2 Å². The van der Waals surface area contributed by atoms with Crippen molar-refractivity contribution in [1.29, 1.82) is 0 Å². The van der Waals surface area contributed by atoms with Crippen LogP contribution in [-0.4, -0.2) is 31.1 Å². The van der Waals surface area contributed by atoms with E-state index >= 15 is 0 Å². The van der Waals surface area contributed by atoms with Crippen molar-refractivity contribution >= 4 is 29.3 Å². The summed E-state index contributed by atoms with van der Waals surface area (Å²) in [4.78, 5) is 7.23. The van der Waals surface area contributed by atoms with Gasteiger partial charge in [0.05, 0.1) is 6.21 Å². The second-order valence-corrected chi connectivity index (χ2v) is 5.32. The van der Waals surface area contributed by atoms with Gasteiger partial charge < -0.3 is 4.98 Å². The highest BCUT2D eigenvalue weighted by Crippen LogP contribution is 2.18. The summed E-state index contributed by atoms with van der Waals surface area (Å²) in [6.07, 6.45) is 7.11. The molecule has 0 radical (unpaired) electrons. The van der Waals surface area contributed by atoms with Gasteiger partial charge >= 0.3 is 0 Å². The summed E-state index contributed by atoms with van der Waals surface area (Å²) in [6, 6.07) is 11.8. The molecule has 23 heavy (non-hydrogen) atoms. The third-order valence-corrected chi connectivity index (χ3v) is 3.79. The Morgan fingerprint density at radius 1 is 1.13 bits per heavy atom. The van der Waals surface area contributed by atoms with Gasteiger partial charge in [0.2, 0.25) is 4.77 Å². The first-order valence-electron chi connectivity index (χ1n) is 7.01. The van der Waals surface area contributed by atoms with Gasteiger partial charge in [-0.15, -0.1) is 0 Å². The lowest BCUT2D eigenvalue weighted by molar-refractivity contribution is 0.871. The van der Waals surface area contributed by atoms with Crippen molar-refractivity contribution < 1.29 is 0 Å². The van der Waals surface area contributed by atoms with Crippen LogP contribution in [0, 0.1) is 4.77 Å². The smallest absolute Gasteiger partial charge is 0.216 e. The monoisotopic (exact) mass is 320 g/mol. The first-order chi connectivity index (χ1) is 11.3. The number of pyridine rings is 1. The molecular weight excluding hydrogens is 308 g/mol. The van der Waals surface area contributed by atoms with E-state index in [9.17, 15) is 0 Å². The second kappa shape index (κ2) is 5.62. The molecule has 0 fully saturated rings. The van der Waals surface area contributed by atoms with Crippen molar-refractivity contribution in [2.45, 2.75) is 0 Å². The molecule has 1 aromatic carbocycles. The molecule has 0 aliphatic rings. The van der Waals surface area contributed by atoms with Crippen LogP contribution in [-0.2, 0) is 0 Å². The number of rotatable bonds is 3. The van der Waals surface area contributed by atoms with Crippen LogP contribution in [0.4, 0.5) is 0 Å². The molecule has 112 valence electrons. The average molecular weight is 320 g/mol. The SMILES string of the molecule is S=c1[nH]nc(-c2ccncc2)n1/N=C\c1c[nH]c2ccccc12. The van der Waals surface area contributed by atoms with Crippen LogP contribution in [0.15, 0.2) is 60.1 Å². The Labute approximate surface area is 136 Å². The Morgan fingerprint density at radius 3 is 2.83 bits per heavy atom. The van der Waals surface area contributed by atoms with E-state index in [-0.39, 0.29) is 0 Å². The number of benzene rings is 1. The molecule has 0 amide bonds. The average Bonchev–Trinajstić information content (AvgIpc) is 3.17. The summed E-state index contributed by atoms with van der Waals surface area (Å²) in [5, 5.41) is 12.6. The lowest BCUT2D eigenvalue weighted by Gasteiger charge is -1.99. The maximum absolute atomic E-state index is 5.27. The molecule has 0 aliphatic carbocycles. The highest BCUT2D eigenvalue weighted by molar-refractivity contribution is 7.71. The minimum Gasteiger partial charge on any atom is -0.361 e. The van der Waals surface area contributed by atoms with Gasteiger partial charge in [0, 0.05) is 40.6 Å². The second-order valence-electron chi connectivity index (χ2n) is 4.93. The number of fused-ring (bicyclic) bond motifs is 1. The van der Waals surface area contributed by atoms with Crippen LogP contribution in [0.3, 0.4) is 0 Å². The number of aromatic nitrogens is 5. The highest BCUT2D eigenvalue weighted by Gasteiger charge is 2.08. The normalized spacial score (nSPS) is 11.5. The molecule has 0 saturated carbocycles. The van der Waals surface area contributed by atoms with E-state index in [2.05, 4.69) is 25.3 Å². The van der Waals surface area contributed by atoms with E-state index in [0.717, 1.165) is 22.0 Å². The van der Waals surface area contributed by atoms with Crippen molar-refractivity contribution in [3.8, 4) is 11.4 Å². The number of H-pyrrole nitrogens is 2. The van der Waals surface area contributed by atoms with Crippen LogP contribution < -0.4 is 0 Å². The Hall–Kier alpha value is -3.06. The van der Waals surface area contributed by atoms with Crippen molar-refractivity contribution in [1.82, 2.24) is 24.8 Å². The summed E-state index contributed by atoms with van der Waals surface area (Å²) in [7, 11) is 0. The van der Waals surface area contributed by atoms with Gasteiger partial charge in [0.1, 0.15) is 0 Å². The molecule has 0 spiro atoms. The van der Waals surface area contributed by atoms with Crippen LogP contribution >= 0.6 is 12.2 Å². The quantitative estimate of drug-likeness (QED) is 0.449. The number of para-hydroxylation sites is 1. The standard InChI is InChI=1S/C16H12N6S/c23-16-21-20-15(11-5-7-17-8-6-11)22(16)19-10-12-9-18-14-4-2-1-3-13(12)14/h1-10,18H,(H,21,23)/b19-10-. The zero-order valence-electron chi connectivity index (χ0n) is 12.0. The minimum atomic E-state index is 0.438. The fraction of sp³-hybridized carbons (Fsp3) is 0. The molecule has 0 aliphatic heterocycles. The summed E-state index contributed by atoms with van der Waals surface area (Å²) in [6.45, 7) is 0. The predicted octanol–water partition coefficient (Wildman–Crippen LogP) is 3.37. The molecule has 2 N–H and O–H groups in total. The van der Waals surface area contributed by atoms with E-state index < -0.39 is 0 Å². The van der Waals surface area contributed by atoms with Gasteiger partial charge in [0.15, 0.2) is 5.82 Å². The molecule has 0 unspecified atom stereocenters. The fourth-order valence-corrected chi connectivity index (χ4v) is 2.59. The van der Waals surface area contributed by atoms with Crippen molar-refractivity contribution in [3.63, 3.8) is 0 Å². The van der Waals surface area contributed by atoms with Gasteiger partial charge in [-0.2, -0.15) is 14.9 Å². The summed E-state index contributed by atoms with van der Waals surface area (Å²) in [5.74, 6) is 0.647. The van der Waals surface area contributed by atoms with Crippen molar-refractivity contribution in [3.05, 3.63) is 65.3 Å². The molecule has 4 rings (SSSR count). The van der Waals surface area contributed by atoms with E-state index in [1.807, 2.05) is 42.6 Å². The molecule has 6 nitrogen and oxygen atoms in total. The molecule has 3 heterocycles. The Kier molecular flexibility index (Phi) is 3.32. The van der Waals surface area contributed by atoms with E-state index in [1.165, 1.54) is 0 Å². The number of aromatic amines is 2. The van der Waals surface area contributed by atoms with Crippen LogP contribution in [0.25, 0.3) is 22.3 Å². The maximum Gasteiger partial charge on any atom is 0.216 e. The lowest BCUT2D eigenvalue weighted by atomic mass is 10.2. The number of hydrogen-bond acceptors (Lipinski definition) is 4. The maximum atomic E-state index is 5.27. The fourth-order valence-electron chi connectivity index (χ4n) is 2.41. The third kappa shape index (κ3) is 2.47. The Morgan fingerprint density at radius 2 is 1.96 bits per heavy atom. The van der Waals surface area contributed by atoms with Gasteiger partial charge in [-0.3, -0.25) is 4.98 Å². The van der Waals surface area contributed by atoms with Crippen LogP contribution in [0.5, 0.6) is 0 Å².